The molecule has 0 bridgehead atoms. The predicted octanol–water partition coefficient (Wildman–Crippen LogP) is 2.32. The number of hydrogen-bond donors (Lipinski definition) is 2. The number of aliphatic hydroxyl groups excluding tert-OH is 1. The first kappa shape index (κ1) is 13.5. The van der Waals surface area contributed by atoms with Crippen molar-refractivity contribution in [1.82, 2.24) is 5.32 Å². The second-order valence-corrected chi connectivity index (χ2v) is 5.06. The van der Waals surface area contributed by atoms with E-state index in [1.807, 2.05) is 0 Å². The van der Waals surface area contributed by atoms with Crippen molar-refractivity contribution in [2.75, 3.05) is 19.7 Å². The van der Waals surface area contributed by atoms with E-state index in [1.165, 1.54) is 32.1 Å². The van der Waals surface area contributed by atoms with Gasteiger partial charge in [0.15, 0.2) is 0 Å². The van der Waals surface area contributed by atoms with Gasteiger partial charge < -0.3 is 10.4 Å². The first-order chi connectivity index (χ1) is 7.83. The quantitative estimate of drug-likeness (QED) is 0.513. The standard InChI is InChI=1S/C14H25NO/c1-2-3-4-8-11-15-12-14(13-16)9-6-5-7-10-14/h1,15-16H,3-13H2. The maximum absolute atomic E-state index is 9.52. The predicted molar refractivity (Wildman–Crippen MR) is 68.2 cm³/mol. The lowest BCUT2D eigenvalue weighted by Crippen LogP contribution is -2.39. The number of unbranched alkanes of at least 4 members (excludes halogenated alkanes) is 2. The highest BCUT2D eigenvalue weighted by Crippen LogP contribution is 2.35. The SMILES string of the molecule is C#CCCCCNCC1(CO)CCCCC1. The third-order valence-corrected chi connectivity index (χ3v) is 3.67. The van der Waals surface area contributed by atoms with Crippen LogP contribution in [0.3, 0.4) is 0 Å². The number of aliphatic hydroxyl groups is 1. The van der Waals surface area contributed by atoms with Gasteiger partial charge in [-0.25, -0.2) is 0 Å². The molecule has 1 fully saturated rings. The summed E-state index contributed by atoms with van der Waals surface area (Å²) in [6.07, 6.45) is 14.6. The van der Waals surface area contributed by atoms with Crippen LogP contribution in [0.1, 0.15) is 51.4 Å². The summed E-state index contributed by atoms with van der Waals surface area (Å²) in [5, 5.41) is 13.0. The van der Waals surface area contributed by atoms with Gasteiger partial charge in [-0.2, -0.15) is 0 Å². The molecule has 1 rings (SSSR count). The summed E-state index contributed by atoms with van der Waals surface area (Å²) in [7, 11) is 0. The monoisotopic (exact) mass is 223 g/mol. The van der Waals surface area contributed by atoms with Gasteiger partial charge in [0.25, 0.3) is 0 Å². The highest BCUT2D eigenvalue weighted by molar-refractivity contribution is 4.85. The molecule has 16 heavy (non-hydrogen) atoms. The zero-order valence-electron chi connectivity index (χ0n) is 10.3. The largest absolute Gasteiger partial charge is 0.396 e. The number of hydrogen-bond acceptors (Lipinski definition) is 2. The van der Waals surface area contributed by atoms with E-state index in [1.54, 1.807) is 0 Å². The van der Waals surface area contributed by atoms with Gasteiger partial charge in [0, 0.05) is 25.0 Å². The topological polar surface area (TPSA) is 32.3 Å². The summed E-state index contributed by atoms with van der Waals surface area (Å²) in [5.74, 6) is 2.66. The Morgan fingerprint density at radius 2 is 1.94 bits per heavy atom. The van der Waals surface area contributed by atoms with Crippen molar-refractivity contribution in [3.8, 4) is 12.3 Å². The van der Waals surface area contributed by atoms with E-state index in [0.717, 1.165) is 32.4 Å². The van der Waals surface area contributed by atoms with Crippen LogP contribution in [-0.2, 0) is 0 Å². The number of nitrogens with one attached hydrogen (secondary N) is 1. The molecule has 92 valence electrons. The molecule has 1 saturated carbocycles. The Morgan fingerprint density at radius 3 is 2.56 bits per heavy atom. The maximum atomic E-state index is 9.52. The molecule has 2 nitrogen and oxygen atoms in total. The fourth-order valence-corrected chi connectivity index (χ4v) is 2.52. The minimum Gasteiger partial charge on any atom is -0.396 e. The van der Waals surface area contributed by atoms with Gasteiger partial charge in [-0.05, 0) is 32.2 Å². The zero-order chi connectivity index (χ0) is 11.7. The lowest BCUT2D eigenvalue weighted by Gasteiger charge is -2.35. The second kappa shape index (κ2) is 7.70. The van der Waals surface area contributed by atoms with Crippen LogP contribution < -0.4 is 5.32 Å². The Morgan fingerprint density at radius 1 is 1.19 bits per heavy atom. The molecule has 0 saturated heterocycles. The van der Waals surface area contributed by atoms with Gasteiger partial charge in [-0.15, -0.1) is 12.3 Å². The van der Waals surface area contributed by atoms with E-state index >= 15 is 0 Å². The van der Waals surface area contributed by atoms with E-state index in [9.17, 15) is 5.11 Å². The minimum absolute atomic E-state index is 0.171. The van der Waals surface area contributed by atoms with Crippen molar-refractivity contribution in [2.24, 2.45) is 5.41 Å². The third-order valence-electron chi connectivity index (χ3n) is 3.67. The van der Waals surface area contributed by atoms with Crippen LogP contribution in [0.5, 0.6) is 0 Å². The lowest BCUT2D eigenvalue weighted by atomic mass is 9.74. The highest BCUT2D eigenvalue weighted by Gasteiger charge is 2.30. The maximum Gasteiger partial charge on any atom is 0.0499 e. The van der Waals surface area contributed by atoms with Crippen LogP contribution in [0.25, 0.3) is 0 Å². The molecular weight excluding hydrogens is 198 g/mol. The molecule has 0 unspecified atom stereocenters. The Bertz CT molecular complexity index is 213. The molecule has 0 heterocycles. The first-order valence-electron chi connectivity index (χ1n) is 6.58. The van der Waals surface area contributed by atoms with Crippen molar-refractivity contribution < 1.29 is 5.11 Å². The molecule has 0 aromatic carbocycles. The summed E-state index contributed by atoms with van der Waals surface area (Å²) in [6, 6.07) is 0. The van der Waals surface area contributed by atoms with Crippen molar-refractivity contribution in [3.63, 3.8) is 0 Å². The van der Waals surface area contributed by atoms with E-state index in [0.29, 0.717) is 6.61 Å². The smallest absolute Gasteiger partial charge is 0.0499 e. The van der Waals surface area contributed by atoms with E-state index in [-0.39, 0.29) is 5.41 Å². The van der Waals surface area contributed by atoms with Crippen molar-refractivity contribution >= 4 is 0 Å². The van der Waals surface area contributed by atoms with Gasteiger partial charge in [-0.1, -0.05) is 19.3 Å². The summed E-state index contributed by atoms with van der Waals surface area (Å²) < 4.78 is 0. The Kier molecular flexibility index (Phi) is 6.52. The average molecular weight is 223 g/mol. The molecule has 0 atom stereocenters. The molecule has 0 spiro atoms. The molecule has 0 aromatic rings. The van der Waals surface area contributed by atoms with Gasteiger partial charge in [0.2, 0.25) is 0 Å². The van der Waals surface area contributed by atoms with E-state index < -0.39 is 0 Å². The Balaban J connectivity index is 2.11. The molecule has 1 aliphatic rings. The van der Waals surface area contributed by atoms with Gasteiger partial charge in [0.1, 0.15) is 0 Å². The molecule has 0 aliphatic heterocycles. The molecule has 1 aliphatic carbocycles. The molecule has 2 heteroatoms. The number of rotatable bonds is 7. The van der Waals surface area contributed by atoms with E-state index in [4.69, 9.17) is 6.42 Å². The minimum atomic E-state index is 0.171. The summed E-state index contributed by atoms with van der Waals surface area (Å²) >= 11 is 0. The van der Waals surface area contributed by atoms with Crippen molar-refractivity contribution in [3.05, 3.63) is 0 Å². The van der Waals surface area contributed by atoms with Crippen LogP contribution in [0.2, 0.25) is 0 Å². The van der Waals surface area contributed by atoms with Gasteiger partial charge in [0.05, 0.1) is 0 Å². The van der Waals surface area contributed by atoms with Gasteiger partial charge >= 0.3 is 0 Å². The second-order valence-electron chi connectivity index (χ2n) is 5.06. The average Bonchev–Trinajstić information content (AvgIpc) is 2.35. The molecule has 2 N–H and O–H groups in total. The summed E-state index contributed by atoms with van der Waals surface area (Å²) in [4.78, 5) is 0. The van der Waals surface area contributed by atoms with Crippen molar-refractivity contribution in [1.29, 1.82) is 0 Å². The van der Waals surface area contributed by atoms with Crippen molar-refractivity contribution in [2.45, 2.75) is 51.4 Å². The zero-order valence-corrected chi connectivity index (χ0v) is 10.3. The van der Waals surface area contributed by atoms with Crippen LogP contribution in [0.4, 0.5) is 0 Å². The van der Waals surface area contributed by atoms with Crippen LogP contribution in [-0.4, -0.2) is 24.8 Å². The third kappa shape index (κ3) is 4.55. The fraction of sp³-hybridized carbons (Fsp3) is 0.857. The molecular formula is C14H25NO. The summed E-state index contributed by atoms with van der Waals surface area (Å²) in [6.45, 7) is 2.34. The lowest BCUT2D eigenvalue weighted by molar-refractivity contribution is 0.0814. The van der Waals surface area contributed by atoms with Crippen LogP contribution >= 0.6 is 0 Å². The first-order valence-corrected chi connectivity index (χ1v) is 6.58. The number of terminal acetylenes is 1. The van der Waals surface area contributed by atoms with E-state index in [2.05, 4.69) is 11.2 Å². The Labute approximate surface area is 99.8 Å². The molecule has 0 amide bonds. The molecule has 0 aromatic heterocycles. The van der Waals surface area contributed by atoms with Crippen LogP contribution in [0, 0.1) is 17.8 Å². The normalized spacial score (nSPS) is 19.2. The van der Waals surface area contributed by atoms with Gasteiger partial charge in [-0.3, -0.25) is 0 Å². The summed E-state index contributed by atoms with van der Waals surface area (Å²) in [5.41, 5.74) is 0.171. The Hall–Kier alpha value is -0.520. The fourth-order valence-electron chi connectivity index (χ4n) is 2.52. The van der Waals surface area contributed by atoms with Crippen LogP contribution in [0.15, 0.2) is 0 Å². The highest BCUT2D eigenvalue weighted by atomic mass is 16.3. The molecule has 0 radical (unpaired) electrons.